The molecule has 1 amide bonds. The molecule has 0 unspecified atom stereocenters. The number of amides is 1. The zero-order valence-corrected chi connectivity index (χ0v) is 17.3. The SMILES string of the molecule is CCN(CC)CCn1cc(NC(=O)Cc2csc(Cc3ccccc3)n2)cn1. The van der Waals surface area contributed by atoms with Crippen LogP contribution in [0.4, 0.5) is 5.69 Å². The summed E-state index contributed by atoms with van der Waals surface area (Å²) in [5, 5.41) is 10.2. The molecule has 28 heavy (non-hydrogen) atoms. The third kappa shape index (κ3) is 6.00. The molecule has 0 bridgehead atoms. The monoisotopic (exact) mass is 397 g/mol. The zero-order valence-electron chi connectivity index (χ0n) is 16.5. The highest BCUT2D eigenvalue weighted by Crippen LogP contribution is 2.16. The number of likely N-dealkylation sites (N-methyl/N-ethyl adjacent to an activating group) is 1. The van der Waals surface area contributed by atoms with Gasteiger partial charge in [-0.15, -0.1) is 11.3 Å². The minimum atomic E-state index is -0.0696. The Labute approximate surface area is 170 Å². The number of anilines is 1. The van der Waals surface area contributed by atoms with Gasteiger partial charge < -0.3 is 10.2 Å². The summed E-state index contributed by atoms with van der Waals surface area (Å²) >= 11 is 1.60. The summed E-state index contributed by atoms with van der Waals surface area (Å²) in [5.41, 5.74) is 2.76. The molecular weight excluding hydrogens is 370 g/mol. The van der Waals surface area contributed by atoms with Crippen LogP contribution in [0.5, 0.6) is 0 Å². The second-order valence-corrected chi connectivity index (χ2v) is 7.58. The van der Waals surface area contributed by atoms with Gasteiger partial charge in [-0.1, -0.05) is 44.2 Å². The number of carbonyl (C=O) groups excluding carboxylic acids is 1. The second kappa shape index (κ2) is 10.1. The lowest BCUT2D eigenvalue weighted by molar-refractivity contribution is -0.115. The predicted molar refractivity (Wildman–Crippen MR) is 114 cm³/mol. The van der Waals surface area contributed by atoms with E-state index in [1.807, 2.05) is 34.5 Å². The molecule has 7 heteroatoms. The first-order valence-corrected chi connectivity index (χ1v) is 10.6. The quantitative estimate of drug-likeness (QED) is 0.569. The Balaban J connectivity index is 1.48. The van der Waals surface area contributed by atoms with Crippen LogP contribution in [0.1, 0.15) is 30.1 Å². The van der Waals surface area contributed by atoms with Gasteiger partial charge in [0.15, 0.2) is 0 Å². The van der Waals surface area contributed by atoms with Crippen molar-refractivity contribution in [1.82, 2.24) is 19.7 Å². The first-order valence-electron chi connectivity index (χ1n) is 9.68. The maximum atomic E-state index is 12.3. The molecule has 1 N–H and O–H groups in total. The van der Waals surface area contributed by atoms with Gasteiger partial charge in [-0.25, -0.2) is 4.98 Å². The molecule has 0 spiro atoms. The third-order valence-corrected chi connectivity index (χ3v) is 5.49. The van der Waals surface area contributed by atoms with Gasteiger partial charge >= 0.3 is 0 Å². The van der Waals surface area contributed by atoms with E-state index in [-0.39, 0.29) is 12.3 Å². The van der Waals surface area contributed by atoms with Crippen LogP contribution in [-0.2, 0) is 24.2 Å². The van der Waals surface area contributed by atoms with E-state index >= 15 is 0 Å². The Kier molecular flexibility index (Phi) is 7.33. The van der Waals surface area contributed by atoms with E-state index in [0.717, 1.165) is 49.0 Å². The average molecular weight is 398 g/mol. The fourth-order valence-electron chi connectivity index (χ4n) is 2.99. The van der Waals surface area contributed by atoms with Crippen LogP contribution in [0, 0.1) is 0 Å². The van der Waals surface area contributed by atoms with E-state index in [1.165, 1.54) is 5.56 Å². The van der Waals surface area contributed by atoms with Crippen molar-refractivity contribution in [1.29, 1.82) is 0 Å². The van der Waals surface area contributed by atoms with Crippen molar-refractivity contribution in [2.45, 2.75) is 33.2 Å². The summed E-state index contributed by atoms with van der Waals surface area (Å²) < 4.78 is 1.87. The zero-order chi connectivity index (χ0) is 19.8. The van der Waals surface area contributed by atoms with Crippen molar-refractivity contribution < 1.29 is 4.79 Å². The van der Waals surface area contributed by atoms with Crippen LogP contribution in [0.25, 0.3) is 0 Å². The first kappa shape index (κ1) is 20.2. The molecule has 2 aromatic heterocycles. The van der Waals surface area contributed by atoms with Gasteiger partial charge in [-0.05, 0) is 18.7 Å². The number of nitrogens with one attached hydrogen (secondary N) is 1. The lowest BCUT2D eigenvalue weighted by Crippen LogP contribution is -2.27. The van der Waals surface area contributed by atoms with Crippen molar-refractivity contribution in [2.75, 3.05) is 25.0 Å². The molecule has 3 rings (SSSR count). The van der Waals surface area contributed by atoms with Gasteiger partial charge in [-0.3, -0.25) is 9.48 Å². The summed E-state index contributed by atoms with van der Waals surface area (Å²) in [5.74, 6) is -0.0696. The van der Waals surface area contributed by atoms with E-state index in [9.17, 15) is 4.79 Å². The number of hydrogen-bond acceptors (Lipinski definition) is 5. The van der Waals surface area contributed by atoms with Crippen molar-refractivity contribution in [3.05, 3.63) is 64.4 Å². The molecule has 0 saturated heterocycles. The minimum Gasteiger partial charge on any atom is -0.323 e. The van der Waals surface area contributed by atoms with Gasteiger partial charge in [0, 0.05) is 24.5 Å². The van der Waals surface area contributed by atoms with Crippen molar-refractivity contribution in [3.8, 4) is 0 Å². The van der Waals surface area contributed by atoms with Crippen molar-refractivity contribution in [2.24, 2.45) is 0 Å². The molecule has 0 fully saturated rings. The van der Waals surface area contributed by atoms with Gasteiger partial charge in [0.2, 0.25) is 5.91 Å². The summed E-state index contributed by atoms with van der Waals surface area (Å²) in [7, 11) is 0. The third-order valence-electron chi connectivity index (χ3n) is 4.60. The smallest absolute Gasteiger partial charge is 0.230 e. The molecule has 0 aliphatic rings. The summed E-state index contributed by atoms with van der Waals surface area (Å²) in [6, 6.07) is 10.2. The van der Waals surface area contributed by atoms with E-state index in [2.05, 4.69) is 46.3 Å². The normalized spacial score (nSPS) is 11.1. The molecule has 0 aliphatic carbocycles. The fourth-order valence-corrected chi connectivity index (χ4v) is 3.81. The average Bonchev–Trinajstić information content (AvgIpc) is 3.33. The van der Waals surface area contributed by atoms with Gasteiger partial charge in [0.1, 0.15) is 0 Å². The fraction of sp³-hybridized carbons (Fsp3) is 0.381. The van der Waals surface area contributed by atoms with Crippen LogP contribution < -0.4 is 5.32 Å². The molecule has 0 radical (unpaired) electrons. The lowest BCUT2D eigenvalue weighted by Gasteiger charge is -2.17. The van der Waals surface area contributed by atoms with Gasteiger partial charge in [0.25, 0.3) is 0 Å². The standard InChI is InChI=1S/C21H27N5OS/c1-3-25(4-2)10-11-26-15-19(14-22-26)23-20(27)13-18-16-28-21(24-18)12-17-8-6-5-7-9-17/h5-9,14-16H,3-4,10-13H2,1-2H3,(H,23,27). The Morgan fingerprint density at radius 3 is 2.75 bits per heavy atom. The summed E-state index contributed by atoms with van der Waals surface area (Å²) in [6.45, 7) is 8.13. The Bertz CT molecular complexity index is 870. The molecule has 1 aromatic carbocycles. The topological polar surface area (TPSA) is 63.0 Å². The van der Waals surface area contributed by atoms with Gasteiger partial charge in [-0.2, -0.15) is 5.10 Å². The number of rotatable bonds is 10. The molecule has 148 valence electrons. The second-order valence-electron chi connectivity index (χ2n) is 6.64. The number of hydrogen-bond donors (Lipinski definition) is 1. The molecule has 0 saturated carbocycles. The largest absolute Gasteiger partial charge is 0.323 e. The molecule has 0 aliphatic heterocycles. The molecule has 2 heterocycles. The van der Waals surface area contributed by atoms with Crippen LogP contribution in [0.3, 0.4) is 0 Å². The van der Waals surface area contributed by atoms with Crippen molar-refractivity contribution >= 4 is 22.9 Å². The maximum absolute atomic E-state index is 12.3. The molecule has 3 aromatic rings. The van der Waals surface area contributed by atoms with E-state index in [4.69, 9.17) is 0 Å². The van der Waals surface area contributed by atoms with Crippen LogP contribution in [0.15, 0.2) is 48.1 Å². The van der Waals surface area contributed by atoms with Gasteiger partial charge in [0.05, 0.1) is 35.6 Å². The summed E-state index contributed by atoms with van der Waals surface area (Å²) in [6.07, 6.45) is 4.65. The predicted octanol–water partition coefficient (Wildman–Crippen LogP) is 3.45. The van der Waals surface area contributed by atoms with E-state index < -0.39 is 0 Å². The molecule has 6 nitrogen and oxygen atoms in total. The van der Waals surface area contributed by atoms with E-state index in [1.54, 1.807) is 17.5 Å². The van der Waals surface area contributed by atoms with E-state index in [0.29, 0.717) is 0 Å². The molecule has 0 atom stereocenters. The number of nitrogens with zero attached hydrogens (tertiary/aromatic N) is 4. The van der Waals surface area contributed by atoms with Crippen LogP contribution >= 0.6 is 11.3 Å². The Morgan fingerprint density at radius 1 is 1.21 bits per heavy atom. The van der Waals surface area contributed by atoms with Crippen LogP contribution in [0.2, 0.25) is 0 Å². The maximum Gasteiger partial charge on any atom is 0.230 e. The number of thiazole rings is 1. The highest BCUT2D eigenvalue weighted by atomic mass is 32.1. The highest BCUT2D eigenvalue weighted by Gasteiger charge is 2.10. The molecular formula is C21H27N5OS. The minimum absolute atomic E-state index is 0.0696. The number of benzene rings is 1. The van der Waals surface area contributed by atoms with Crippen LogP contribution in [-0.4, -0.2) is 45.2 Å². The highest BCUT2D eigenvalue weighted by molar-refractivity contribution is 7.09. The summed E-state index contributed by atoms with van der Waals surface area (Å²) in [4.78, 5) is 19.3. The number of carbonyl (C=O) groups is 1. The Hall–Kier alpha value is -2.51. The number of aromatic nitrogens is 3. The first-order chi connectivity index (χ1) is 13.7. The Morgan fingerprint density at radius 2 is 2.00 bits per heavy atom. The van der Waals surface area contributed by atoms with Crippen molar-refractivity contribution in [3.63, 3.8) is 0 Å². The lowest BCUT2D eigenvalue weighted by atomic mass is 10.2.